The lowest BCUT2D eigenvalue weighted by molar-refractivity contribution is 0.670. The second kappa shape index (κ2) is 16.5. The SMILES string of the molecule is C=Cc1c(/C=C\C)n(-c2c3ccccc3c(-c3nc(-c4ccc(-c5ccccc5)cc4)nc(-c4ccc5c(c4)c4ccccc4n5-c4ccccc4)n3)c3oc4ccccc4c23)c2cc3ccccc3cc12. The predicted molar refractivity (Wildman–Crippen MR) is 300 cm³/mol. The van der Waals surface area contributed by atoms with E-state index in [1.807, 2.05) is 18.2 Å². The van der Waals surface area contributed by atoms with E-state index in [1.165, 1.54) is 5.39 Å². The highest BCUT2D eigenvalue weighted by Crippen LogP contribution is 2.48. The van der Waals surface area contributed by atoms with E-state index < -0.39 is 0 Å². The first-order valence-corrected chi connectivity index (χ1v) is 24.3. The topological polar surface area (TPSA) is 61.7 Å². The Morgan fingerprint density at radius 1 is 0.444 bits per heavy atom. The molecule has 72 heavy (non-hydrogen) atoms. The van der Waals surface area contributed by atoms with E-state index >= 15 is 0 Å². The maximum absolute atomic E-state index is 7.18. The molecule has 4 heterocycles. The molecule has 0 aliphatic carbocycles. The number of hydrogen-bond donors (Lipinski definition) is 0. The van der Waals surface area contributed by atoms with Gasteiger partial charge in [0.1, 0.15) is 11.2 Å². The van der Waals surface area contributed by atoms with Gasteiger partial charge < -0.3 is 13.6 Å². The van der Waals surface area contributed by atoms with Crippen molar-refractivity contribution in [3.63, 3.8) is 0 Å². The molecule has 0 fully saturated rings. The summed E-state index contributed by atoms with van der Waals surface area (Å²) in [7, 11) is 0. The van der Waals surface area contributed by atoms with E-state index in [0.717, 1.165) is 116 Å². The number of nitrogens with zero attached hydrogens (tertiary/aromatic N) is 5. The summed E-state index contributed by atoms with van der Waals surface area (Å²) in [5.74, 6) is 1.64. The first-order valence-electron chi connectivity index (χ1n) is 24.3. The van der Waals surface area contributed by atoms with Crippen molar-refractivity contribution in [3.8, 4) is 56.7 Å². The van der Waals surface area contributed by atoms with Gasteiger partial charge in [-0.05, 0) is 94.9 Å². The van der Waals surface area contributed by atoms with Crippen LogP contribution in [0.2, 0.25) is 0 Å². The molecule has 338 valence electrons. The van der Waals surface area contributed by atoms with Crippen LogP contribution in [0.3, 0.4) is 0 Å². The number of benzene rings is 10. The molecule has 0 amide bonds. The quantitative estimate of drug-likeness (QED) is 0.152. The molecule has 6 nitrogen and oxygen atoms in total. The van der Waals surface area contributed by atoms with Gasteiger partial charge in [-0.25, -0.2) is 15.0 Å². The summed E-state index contributed by atoms with van der Waals surface area (Å²) in [6, 6.07) is 74.7. The summed E-state index contributed by atoms with van der Waals surface area (Å²) in [4.78, 5) is 16.3. The van der Waals surface area contributed by atoms with Gasteiger partial charge in [-0.1, -0.05) is 176 Å². The van der Waals surface area contributed by atoms with Gasteiger partial charge in [0.25, 0.3) is 0 Å². The molecule has 0 aliphatic heterocycles. The third-order valence-corrected chi connectivity index (χ3v) is 14.2. The maximum atomic E-state index is 7.18. The number of aromatic nitrogens is 5. The lowest BCUT2D eigenvalue weighted by Gasteiger charge is -2.18. The van der Waals surface area contributed by atoms with Gasteiger partial charge >= 0.3 is 0 Å². The molecule has 0 aliphatic rings. The lowest BCUT2D eigenvalue weighted by Crippen LogP contribution is -2.03. The van der Waals surface area contributed by atoms with E-state index in [0.29, 0.717) is 23.1 Å². The molecule has 0 bridgehead atoms. The number of hydrogen-bond acceptors (Lipinski definition) is 4. The van der Waals surface area contributed by atoms with Crippen molar-refractivity contribution in [2.24, 2.45) is 0 Å². The third kappa shape index (κ3) is 6.39. The Hall–Kier alpha value is -9.65. The summed E-state index contributed by atoms with van der Waals surface area (Å²) >= 11 is 0. The number of allylic oxidation sites excluding steroid dienone is 1. The minimum Gasteiger partial charge on any atom is -0.455 e. The Kier molecular flexibility index (Phi) is 9.48. The minimum absolute atomic E-state index is 0.518. The van der Waals surface area contributed by atoms with Crippen molar-refractivity contribution in [2.45, 2.75) is 6.92 Å². The summed E-state index contributed by atoms with van der Waals surface area (Å²) in [6.45, 7) is 6.44. The summed E-state index contributed by atoms with van der Waals surface area (Å²) in [5.41, 5.74) is 13.8. The molecular formula is C66H43N5O. The van der Waals surface area contributed by atoms with E-state index in [-0.39, 0.29) is 0 Å². The van der Waals surface area contributed by atoms with Crippen LogP contribution in [-0.2, 0) is 0 Å². The molecule has 14 rings (SSSR count). The fraction of sp³-hybridized carbons (Fsp3) is 0.0152. The average molecular weight is 922 g/mol. The molecule has 0 saturated heterocycles. The van der Waals surface area contributed by atoms with Gasteiger partial charge in [0.2, 0.25) is 0 Å². The molecule has 0 radical (unpaired) electrons. The lowest BCUT2D eigenvalue weighted by atomic mass is 9.96. The number of para-hydroxylation sites is 3. The maximum Gasteiger partial charge on any atom is 0.168 e. The van der Waals surface area contributed by atoms with Gasteiger partial charge in [0.05, 0.1) is 38.9 Å². The second-order valence-electron chi connectivity index (χ2n) is 18.3. The summed E-state index contributed by atoms with van der Waals surface area (Å²) in [5, 5.41) is 9.67. The van der Waals surface area contributed by atoms with Crippen LogP contribution in [0.5, 0.6) is 0 Å². The Labute approximate surface area is 414 Å². The van der Waals surface area contributed by atoms with Crippen molar-refractivity contribution in [2.75, 3.05) is 0 Å². The Bertz CT molecular complexity index is 4520. The highest BCUT2D eigenvalue weighted by atomic mass is 16.3. The molecule has 0 spiro atoms. The van der Waals surface area contributed by atoms with Gasteiger partial charge in [-0.15, -0.1) is 0 Å². The first kappa shape index (κ1) is 41.3. The summed E-state index contributed by atoms with van der Waals surface area (Å²) in [6.07, 6.45) is 6.29. The fourth-order valence-electron chi connectivity index (χ4n) is 11.0. The highest BCUT2D eigenvalue weighted by Gasteiger charge is 2.28. The third-order valence-electron chi connectivity index (χ3n) is 14.2. The predicted octanol–water partition coefficient (Wildman–Crippen LogP) is 17.5. The van der Waals surface area contributed by atoms with Crippen LogP contribution in [0.25, 0.3) is 145 Å². The van der Waals surface area contributed by atoms with Crippen LogP contribution in [0.1, 0.15) is 18.2 Å². The molecule has 6 heteroatoms. The van der Waals surface area contributed by atoms with E-state index in [9.17, 15) is 0 Å². The average Bonchev–Trinajstić information content (AvgIpc) is 4.09. The van der Waals surface area contributed by atoms with Gasteiger partial charge in [0, 0.05) is 49.3 Å². The zero-order chi connectivity index (χ0) is 47.9. The Morgan fingerprint density at radius 3 is 1.79 bits per heavy atom. The molecule has 10 aromatic carbocycles. The van der Waals surface area contributed by atoms with E-state index in [1.54, 1.807) is 0 Å². The standard InChI is InChI=1S/C66H43N5O/c1-3-19-55-48(4-2)53-38-44-22-11-12-23-45(44)40-58(53)71(55)62-51-28-14-13-27-50(51)61(63-60(62)52-29-16-18-31-59(52)72-63)66-68-64(43-34-32-42(33-35-43)41-20-7-5-8-21-41)67-65(69-66)46-36-37-57-54(39-46)49-26-15-17-30-56(49)70(57)47-24-9-6-10-25-47/h3-40H,2H2,1H3/b19-3-. The highest BCUT2D eigenvalue weighted by molar-refractivity contribution is 6.24. The molecule has 0 atom stereocenters. The Morgan fingerprint density at radius 2 is 1.03 bits per heavy atom. The molecule has 14 aromatic rings. The van der Waals surface area contributed by atoms with Crippen molar-refractivity contribution in [1.29, 1.82) is 0 Å². The smallest absolute Gasteiger partial charge is 0.168 e. The fourth-order valence-corrected chi connectivity index (χ4v) is 11.0. The van der Waals surface area contributed by atoms with Crippen LogP contribution in [0.4, 0.5) is 0 Å². The summed E-state index contributed by atoms with van der Waals surface area (Å²) < 4.78 is 11.9. The monoisotopic (exact) mass is 921 g/mol. The van der Waals surface area contributed by atoms with E-state index in [4.69, 9.17) is 19.4 Å². The van der Waals surface area contributed by atoms with Gasteiger partial charge in [-0.3, -0.25) is 0 Å². The number of fused-ring (bicyclic) bond motifs is 9. The second-order valence-corrected chi connectivity index (χ2v) is 18.3. The van der Waals surface area contributed by atoms with Crippen LogP contribution in [0.15, 0.2) is 229 Å². The van der Waals surface area contributed by atoms with Gasteiger partial charge in [-0.2, -0.15) is 0 Å². The molecule has 4 aromatic heterocycles. The van der Waals surface area contributed by atoms with Crippen molar-refractivity contribution >= 4 is 88.3 Å². The van der Waals surface area contributed by atoms with Crippen LogP contribution >= 0.6 is 0 Å². The zero-order valence-corrected chi connectivity index (χ0v) is 39.3. The molecular weight excluding hydrogens is 879 g/mol. The van der Waals surface area contributed by atoms with E-state index in [2.05, 4.69) is 235 Å². The molecule has 0 N–H and O–H groups in total. The van der Waals surface area contributed by atoms with Crippen LogP contribution < -0.4 is 0 Å². The Balaban J connectivity index is 1.07. The van der Waals surface area contributed by atoms with Crippen molar-refractivity contribution in [1.82, 2.24) is 24.1 Å². The zero-order valence-electron chi connectivity index (χ0n) is 39.3. The number of furan rings is 1. The molecule has 0 saturated carbocycles. The van der Waals surface area contributed by atoms with Crippen molar-refractivity contribution in [3.05, 3.63) is 236 Å². The van der Waals surface area contributed by atoms with Crippen LogP contribution in [-0.4, -0.2) is 24.1 Å². The number of rotatable bonds is 8. The normalized spacial score (nSPS) is 12.0. The van der Waals surface area contributed by atoms with Gasteiger partial charge in [0.15, 0.2) is 17.5 Å². The minimum atomic E-state index is 0.518. The van der Waals surface area contributed by atoms with Crippen molar-refractivity contribution < 1.29 is 4.42 Å². The largest absolute Gasteiger partial charge is 0.455 e. The first-order chi connectivity index (χ1) is 35.6. The van der Waals surface area contributed by atoms with Crippen LogP contribution in [0, 0.1) is 0 Å². The molecule has 0 unspecified atom stereocenters.